The molecule has 30 heavy (non-hydrogen) atoms. The number of nitrogens with one attached hydrogen (secondary N) is 1. The third-order valence-corrected chi connectivity index (χ3v) is 5.76. The first-order valence-electron chi connectivity index (χ1n) is 10.3. The van der Waals surface area contributed by atoms with Crippen molar-refractivity contribution in [3.63, 3.8) is 0 Å². The molecule has 4 nitrogen and oxygen atoms in total. The number of nitrogens with zero attached hydrogens (tertiary/aromatic N) is 1. The van der Waals surface area contributed by atoms with Crippen molar-refractivity contribution in [2.45, 2.75) is 51.0 Å². The summed E-state index contributed by atoms with van der Waals surface area (Å²) in [6.07, 6.45) is 8.25. The van der Waals surface area contributed by atoms with Crippen molar-refractivity contribution in [2.75, 3.05) is 0 Å². The summed E-state index contributed by atoms with van der Waals surface area (Å²) in [6.45, 7) is 1.86. The molecule has 1 heterocycles. The summed E-state index contributed by atoms with van der Waals surface area (Å²) in [7, 11) is 0. The van der Waals surface area contributed by atoms with Crippen molar-refractivity contribution >= 4 is 28.5 Å². The second-order valence-corrected chi connectivity index (χ2v) is 8.11. The average Bonchev–Trinajstić information content (AvgIpc) is 2.74. The highest BCUT2D eigenvalue weighted by molar-refractivity contribution is 6.30. The standard InChI is InChI=1S/C15H16FN.C9H11ClN2O/c16-12-6-7-15-14(10-12)13(8-9-17-15)11-4-2-1-3-5-11;1-6(12-9(11)13)7-2-4-8(10)5-3-7/h6-11H,1-5H2;2-6H,1H3,(H3,11,12,13). The van der Waals surface area contributed by atoms with E-state index in [9.17, 15) is 9.18 Å². The summed E-state index contributed by atoms with van der Waals surface area (Å²) in [5, 5.41) is 4.25. The molecule has 6 heteroatoms. The molecule has 1 unspecified atom stereocenters. The van der Waals surface area contributed by atoms with Gasteiger partial charge in [0.2, 0.25) is 0 Å². The number of benzene rings is 2. The van der Waals surface area contributed by atoms with Gasteiger partial charge in [-0.2, -0.15) is 0 Å². The molecule has 1 saturated carbocycles. The van der Waals surface area contributed by atoms with Crippen LogP contribution in [0.1, 0.15) is 62.1 Å². The van der Waals surface area contributed by atoms with Gasteiger partial charge in [-0.05, 0) is 73.2 Å². The Bertz CT molecular complexity index is 987. The number of primary amides is 1. The topological polar surface area (TPSA) is 68.0 Å². The minimum absolute atomic E-state index is 0.0882. The van der Waals surface area contributed by atoms with E-state index in [1.807, 2.05) is 25.3 Å². The number of urea groups is 1. The maximum atomic E-state index is 13.4. The smallest absolute Gasteiger partial charge is 0.312 e. The Balaban J connectivity index is 0.000000178. The number of aromatic nitrogens is 1. The predicted molar refractivity (Wildman–Crippen MR) is 120 cm³/mol. The molecule has 1 aliphatic rings. The number of nitrogens with two attached hydrogens (primary N) is 1. The van der Waals surface area contributed by atoms with Gasteiger partial charge in [0.25, 0.3) is 0 Å². The Morgan fingerprint density at radius 1 is 1.13 bits per heavy atom. The van der Waals surface area contributed by atoms with Gasteiger partial charge in [0.1, 0.15) is 5.82 Å². The van der Waals surface area contributed by atoms with Gasteiger partial charge < -0.3 is 11.1 Å². The van der Waals surface area contributed by atoms with E-state index in [1.54, 1.807) is 24.3 Å². The van der Waals surface area contributed by atoms with Crippen LogP contribution >= 0.6 is 11.6 Å². The molecule has 1 aromatic heterocycles. The first kappa shape index (κ1) is 22.0. The van der Waals surface area contributed by atoms with Crippen LogP contribution in [0.15, 0.2) is 54.7 Å². The van der Waals surface area contributed by atoms with Gasteiger partial charge in [0, 0.05) is 16.6 Å². The summed E-state index contributed by atoms with van der Waals surface area (Å²) in [5.74, 6) is 0.429. The summed E-state index contributed by atoms with van der Waals surface area (Å²) in [5.41, 5.74) is 8.16. The first-order chi connectivity index (χ1) is 14.4. The molecule has 1 fully saturated rings. The van der Waals surface area contributed by atoms with E-state index < -0.39 is 6.03 Å². The van der Waals surface area contributed by atoms with Gasteiger partial charge in [-0.25, -0.2) is 9.18 Å². The first-order valence-corrected chi connectivity index (χ1v) is 10.7. The molecule has 0 saturated heterocycles. The van der Waals surface area contributed by atoms with Crippen molar-refractivity contribution in [2.24, 2.45) is 5.73 Å². The van der Waals surface area contributed by atoms with Crippen LogP contribution in [0.25, 0.3) is 10.9 Å². The van der Waals surface area contributed by atoms with Crippen LogP contribution in [0, 0.1) is 5.82 Å². The van der Waals surface area contributed by atoms with E-state index in [-0.39, 0.29) is 11.9 Å². The van der Waals surface area contributed by atoms with E-state index in [0.29, 0.717) is 10.9 Å². The number of amides is 2. The van der Waals surface area contributed by atoms with Crippen molar-refractivity contribution in [1.29, 1.82) is 0 Å². The maximum Gasteiger partial charge on any atom is 0.312 e. The highest BCUT2D eigenvalue weighted by atomic mass is 35.5. The zero-order chi connectivity index (χ0) is 21.5. The van der Waals surface area contributed by atoms with E-state index in [1.165, 1.54) is 43.7 Å². The van der Waals surface area contributed by atoms with Crippen molar-refractivity contribution in [1.82, 2.24) is 10.3 Å². The lowest BCUT2D eigenvalue weighted by molar-refractivity contribution is 0.246. The zero-order valence-corrected chi connectivity index (χ0v) is 17.8. The number of fused-ring (bicyclic) bond motifs is 1. The normalized spacial score (nSPS) is 15.2. The Morgan fingerprint density at radius 3 is 2.50 bits per heavy atom. The fourth-order valence-electron chi connectivity index (χ4n) is 3.96. The molecule has 4 rings (SSSR count). The Morgan fingerprint density at radius 2 is 1.83 bits per heavy atom. The summed E-state index contributed by atoms with van der Waals surface area (Å²) < 4.78 is 13.4. The SMILES string of the molecule is CC(NC(N)=O)c1ccc(Cl)cc1.Fc1ccc2nccc(C3CCCCC3)c2c1. The van der Waals surface area contributed by atoms with E-state index in [2.05, 4.69) is 16.4 Å². The van der Waals surface area contributed by atoms with Crippen LogP contribution < -0.4 is 11.1 Å². The van der Waals surface area contributed by atoms with Crippen LogP contribution in [-0.4, -0.2) is 11.0 Å². The molecule has 3 aromatic rings. The summed E-state index contributed by atoms with van der Waals surface area (Å²) in [4.78, 5) is 14.8. The van der Waals surface area contributed by atoms with Gasteiger partial charge >= 0.3 is 6.03 Å². The highest BCUT2D eigenvalue weighted by Crippen LogP contribution is 2.35. The van der Waals surface area contributed by atoms with Gasteiger partial charge in [0.15, 0.2) is 0 Å². The molecule has 0 aliphatic heterocycles. The summed E-state index contributed by atoms with van der Waals surface area (Å²) >= 11 is 5.71. The summed E-state index contributed by atoms with van der Waals surface area (Å²) in [6, 6.07) is 13.6. The number of hydrogen-bond donors (Lipinski definition) is 2. The van der Waals surface area contributed by atoms with Gasteiger partial charge in [-0.1, -0.05) is 43.0 Å². The van der Waals surface area contributed by atoms with Crippen molar-refractivity contribution in [3.8, 4) is 0 Å². The number of carbonyl (C=O) groups is 1. The molecule has 1 atom stereocenters. The fraction of sp³-hybridized carbons (Fsp3) is 0.333. The number of carbonyl (C=O) groups excluding carboxylic acids is 1. The molecule has 2 amide bonds. The van der Waals surface area contributed by atoms with E-state index >= 15 is 0 Å². The molecule has 1 aliphatic carbocycles. The van der Waals surface area contributed by atoms with E-state index in [4.69, 9.17) is 17.3 Å². The molecule has 2 aromatic carbocycles. The number of halogens is 2. The fourth-order valence-corrected chi connectivity index (χ4v) is 4.08. The Kier molecular flexibility index (Phi) is 7.63. The van der Waals surface area contributed by atoms with E-state index in [0.717, 1.165) is 16.5 Å². The second kappa shape index (κ2) is 10.4. The largest absolute Gasteiger partial charge is 0.352 e. The molecule has 0 radical (unpaired) electrons. The van der Waals surface area contributed by atoms with Crippen LogP contribution in [0.3, 0.4) is 0 Å². The molecule has 3 N–H and O–H groups in total. The number of hydrogen-bond acceptors (Lipinski definition) is 2. The van der Waals surface area contributed by atoms with Crippen LogP contribution in [0.5, 0.6) is 0 Å². The Hall–Kier alpha value is -2.66. The second-order valence-electron chi connectivity index (χ2n) is 7.68. The zero-order valence-electron chi connectivity index (χ0n) is 17.1. The van der Waals surface area contributed by atoms with Crippen LogP contribution in [0.2, 0.25) is 5.02 Å². The predicted octanol–water partition coefficient (Wildman–Crippen LogP) is 6.49. The van der Waals surface area contributed by atoms with Crippen molar-refractivity contribution in [3.05, 3.63) is 76.7 Å². The van der Waals surface area contributed by atoms with Gasteiger partial charge in [-0.3, -0.25) is 4.98 Å². The number of rotatable bonds is 3. The van der Waals surface area contributed by atoms with Crippen molar-refractivity contribution < 1.29 is 9.18 Å². The molecule has 0 bridgehead atoms. The van der Waals surface area contributed by atoms with Crippen LogP contribution in [0.4, 0.5) is 9.18 Å². The highest BCUT2D eigenvalue weighted by Gasteiger charge is 2.18. The maximum absolute atomic E-state index is 13.4. The lowest BCUT2D eigenvalue weighted by Gasteiger charge is -2.23. The minimum atomic E-state index is -0.526. The third kappa shape index (κ3) is 5.92. The molecule has 0 spiro atoms. The average molecular weight is 428 g/mol. The molecular weight excluding hydrogens is 401 g/mol. The quantitative estimate of drug-likeness (QED) is 0.501. The lowest BCUT2D eigenvalue weighted by atomic mass is 9.83. The van der Waals surface area contributed by atoms with Crippen LogP contribution in [-0.2, 0) is 0 Å². The molecule has 158 valence electrons. The van der Waals surface area contributed by atoms with Gasteiger partial charge in [-0.15, -0.1) is 0 Å². The Labute approximate surface area is 181 Å². The minimum Gasteiger partial charge on any atom is -0.352 e. The third-order valence-electron chi connectivity index (χ3n) is 5.51. The number of pyridine rings is 1. The van der Waals surface area contributed by atoms with Gasteiger partial charge in [0.05, 0.1) is 11.6 Å². The lowest BCUT2D eigenvalue weighted by Crippen LogP contribution is -2.31. The molecular formula is C24H27ClFN3O. The monoisotopic (exact) mass is 427 g/mol.